The molecule has 0 aromatic carbocycles. The zero-order chi connectivity index (χ0) is 13.0. The Hall–Kier alpha value is -1.51. The molecule has 8 heteroatoms. The highest BCUT2D eigenvalue weighted by molar-refractivity contribution is 7.11. The monoisotopic (exact) mass is 259 g/mol. The molecule has 0 saturated heterocycles. The smallest absolute Gasteiger partial charge is 0.216 e. The predicted octanol–water partition coefficient (Wildman–Crippen LogP) is -1.96. The Bertz CT molecular complexity index is 419. The quantitative estimate of drug-likeness (QED) is 0.564. The van der Waals surface area contributed by atoms with Gasteiger partial charge in [0.25, 0.3) is 0 Å². The Morgan fingerprint density at radius 1 is 1.59 bits per heavy atom. The first-order valence-corrected chi connectivity index (χ1v) is 5.57. The maximum Gasteiger partial charge on any atom is 0.216 e. The maximum atomic E-state index is 10.6. The molecule has 2 unspecified atom stereocenters. The number of carbonyl (C=O) groups is 2. The Morgan fingerprint density at radius 2 is 2.24 bits per heavy atom. The van der Waals surface area contributed by atoms with Crippen molar-refractivity contribution in [1.29, 1.82) is 0 Å². The molecule has 2 atom stereocenters. The van der Waals surface area contributed by atoms with E-state index in [1.54, 1.807) is 0 Å². The number of carbonyl (C=O) groups excluding carboxylic acids is 2. The van der Waals surface area contributed by atoms with Gasteiger partial charge in [0.2, 0.25) is 5.91 Å². The molecule has 0 radical (unpaired) electrons. The number of thiazole rings is 1. The molecule has 0 aliphatic carbocycles. The van der Waals surface area contributed by atoms with E-state index in [1.165, 1.54) is 12.3 Å². The van der Waals surface area contributed by atoms with Crippen LogP contribution in [0.25, 0.3) is 0 Å². The molecule has 1 amide bonds. The first-order valence-electron chi connectivity index (χ1n) is 4.69. The van der Waals surface area contributed by atoms with Gasteiger partial charge in [0.1, 0.15) is 23.2 Å². The summed E-state index contributed by atoms with van der Waals surface area (Å²) in [7, 11) is 0. The average Bonchev–Trinajstić information content (AvgIpc) is 2.73. The molecule has 1 heterocycles. The number of rotatable bonds is 5. The number of hydrogen-bond acceptors (Lipinski definition) is 7. The van der Waals surface area contributed by atoms with E-state index in [9.17, 15) is 24.9 Å². The Labute approximate surface area is 101 Å². The van der Waals surface area contributed by atoms with Crippen molar-refractivity contribution in [1.82, 2.24) is 10.3 Å². The number of carboxylic acids is 1. The number of nitrogens with one attached hydrogen (secondary N) is 1. The lowest BCUT2D eigenvalue weighted by molar-refractivity contribution is -0.255. The lowest BCUT2D eigenvalue weighted by Crippen LogP contribution is -2.34. The van der Waals surface area contributed by atoms with Crippen molar-refractivity contribution in [2.45, 2.75) is 19.1 Å². The zero-order valence-electron chi connectivity index (χ0n) is 8.91. The second-order valence-electron chi connectivity index (χ2n) is 3.31. The number of nitrogens with zero attached hydrogens (tertiary/aromatic N) is 1. The van der Waals surface area contributed by atoms with Gasteiger partial charge in [-0.05, 0) is 0 Å². The summed E-state index contributed by atoms with van der Waals surface area (Å²) in [5.74, 6) is -1.78. The zero-order valence-corrected chi connectivity index (χ0v) is 9.73. The maximum absolute atomic E-state index is 10.6. The third-order valence-electron chi connectivity index (χ3n) is 1.92. The molecule has 7 nitrogen and oxygen atoms in total. The van der Waals surface area contributed by atoms with Crippen LogP contribution >= 0.6 is 11.3 Å². The van der Waals surface area contributed by atoms with E-state index in [-0.39, 0.29) is 23.2 Å². The van der Waals surface area contributed by atoms with Gasteiger partial charge in [0.15, 0.2) is 0 Å². The first-order chi connectivity index (χ1) is 7.91. The van der Waals surface area contributed by atoms with Crippen molar-refractivity contribution < 1.29 is 24.9 Å². The Kier molecular flexibility index (Phi) is 4.55. The van der Waals surface area contributed by atoms with Crippen molar-refractivity contribution in [2.24, 2.45) is 0 Å². The van der Waals surface area contributed by atoms with E-state index >= 15 is 0 Å². The van der Waals surface area contributed by atoms with E-state index in [2.05, 4.69) is 10.3 Å². The number of aromatic nitrogens is 1. The van der Waals surface area contributed by atoms with Gasteiger partial charge in [-0.25, -0.2) is 4.98 Å². The van der Waals surface area contributed by atoms with Crippen LogP contribution in [0.5, 0.6) is 0 Å². The molecule has 0 saturated carbocycles. The minimum Gasteiger partial charge on any atom is -0.542 e. The fourth-order valence-corrected chi connectivity index (χ4v) is 1.75. The van der Waals surface area contributed by atoms with E-state index in [4.69, 9.17) is 0 Å². The molecule has 0 aliphatic heterocycles. The fraction of sp³-hybridized carbons (Fsp3) is 0.444. The molecule has 17 heavy (non-hydrogen) atoms. The summed E-state index contributed by atoms with van der Waals surface area (Å²) in [6.45, 7) is 1.13. The molecular formula is C9H11N2O5S-. The van der Waals surface area contributed by atoms with Crippen LogP contribution in [0.15, 0.2) is 5.38 Å². The van der Waals surface area contributed by atoms with Crippen LogP contribution in [-0.4, -0.2) is 39.7 Å². The highest BCUT2D eigenvalue weighted by Gasteiger charge is 2.21. The van der Waals surface area contributed by atoms with Crippen LogP contribution < -0.4 is 10.4 Å². The van der Waals surface area contributed by atoms with Gasteiger partial charge in [-0.15, -0.1) is 11.3 Å². The van der Waals surface area contributed by atoms with E-state index in [1.807, 2.05) is 0 Å². The fourth-order valence-electron chi connectivity index (χ4n) is 1.07. The number of carboxylic acid groups (broad SMARTS) is 1. The lowest BCUT2D eigenvalue weighted by atomic mass is 10.1. The normalized spacial score (nSPS) is 14.1. The summed E-state index contributed by atoms with van der Waals surface area (Å²) >= 11 is 0.796. The van der Waals surface area contributed by atoms with Gasteiger partial charge < -0.3 is 25.4 Å². The number of hydrogen-bond donors (Lipinski definition) is 3. The average molecular weight is 259 g/mol. The molecule has 0 spiro atoms. The van der Waals surface area contributed by atoms with Gasteiger partial charge in [-0.1, -0.05) is 0 Å². The largest absolute Gasteiger partial charge is 0.542 e. The molecule has 3 N–H and O–H groups in total. The van der Waals surface area contributed by atoms with Crippen LogP contribution in [0.4, 0.5) is 0 Å². The van der Waals surface area contributed by atoms with Crippen molar-refractivity contribution in [2.75, 3.05) is 6.54 Å². The molecule has 1 rings (SSSR count). The van der Waals surface area contributed by atoms with Gasteiger partial charge in [-0.2, -0.15) is 0 Å². The van der Waals surface area contributed by atoms with Crippen molar-refractivity contribution in [3.8, 4) is 0 Å². The summed E-state index contributed by atoms with van der Waals surface area (Å²) in [6, 6.07) is 0. The minimum absolute atomic E-state index is 0.0343. The van der Waals surface area contributed by atoms with Crippen LogP contribution in [0.3, 0.4) is 0 Å². The van der Waals surface area contributed by atoms with Crippen LogP contribution in [-0.2, 0) is 4.79 Å². The van der Waals surface area contributed by atoms with Crippen LogP contribution in [0.2, 0.25) is 0 Å². The summed E-state index contributed by atoms with van der Waals surface area (Å²) in [6.07, 6.45) is -2.61. The molecular weight excluding hydrogens is 248 g/mol. The number of aliphatic hydroxyl groups excluding tert-OH is 2. The second-order valence-corrected chi connectivity index (χ2v) is 4.17. The summed E-state index contributed by atoms with van der Waals surface area (Å²) in [5, 5.41) is 33.0. The first kappa shape index (κ1) is 13.6. The molecule has 0 bridgehead atoms. The predicted molar refractivity (Wildman–Crippen MR) is 56.1 cm³/mol. The molecule has 1 aromatic rings. The van der Waals surface area contributed by atoms with Gasteiger partial charge in [-0.3, -0.25) is 4.79 Å². The van der Waals surface area contributed by atoms with E-state index < -0.39 is 18.2 Å². The van der Waals surface area contributed by atoms with Crippen molar-refractivity contribution in [3.05, 3.63) is 16.1 Å². The van der Waals surface area contributed by atoms with Gasteiger partial charge >= 0.3 is 0 Å². The summed E-state index contributed by atoms with van der Waals surface area (Å²) in [4.78, 5) is 24.6. The molecule has 0 fully saturated rings. The Morgan fingerprint density at radius 3 is 2.71 bits per heavy atom. The lowest BCUT2D eigenvalue weighted by Gasteiger charge is -2.15. The summed E-state index contributed by atoms with van der Waals surface area (Å²) < 4.78 is 0. The Balaban J connectivity index is 2.64. The van der Waals surface area contributed by atoms with E-state index in [0.29, 0.717) is 0 Å². The van der Waals surface area contributed by atoms with E-state index in [0.717, 1.165) is 11.3 Å². The van der Waals surface area contributed by atoms with Crippen LogP contribution in [0.1, 0.15) is 28.5 Å². The third kappa shape index (κ3) is 3.77. The SMILES string of the molecule is CC(=O)NCC(O)C(O)c1csc(C(=O)[O-])n1. The van der Waals surface area contributed by atoms with Crippen LogP contribution in [0, 0.1) is 0 Å². The summed E-state index contributed by atoms with van der Waals surface area (Å²) in [5.41, 5.74) is 0.0343. The number of aliphatic hydroxyl groups is 2. The van der Waals surface area contributed by atoms with Gasteiger partial charge in [0.05, 0.1) is 5.69 Å². The highest BCUT2D eigenvalue weighted by atomic mass is 32.1. The third-order valence-corrected chi connectivity index (χ3v) is 2.76. The topological polar surface area (TPSA) is 123 Å². The minimum atomic E-state index is -1.44. The number of amides is 1. The highest BCUT2D eigenvalue weighted by Crippen LogP contribution is 2.19. The standard InChI is InChI=1S/C9H12N2O5S/c1-4(12)10-2-6(13)7(14)5-3-17-8(11-5)9(15)16/h3,6-7,13-14H,2H2,1H3,(H,10,12)(H,15,16)/p-1. The van der Waals surface area contributed by atoms with Crippen molar-refractivity contribution >= 4 is 23.2 Å². The molecule has 94 valence electrons. The second kappa shape index (κ2) is 5.71. The molecule has 1 aromatic heterocycles. The number of aromatic carboxylic acids is 1. The van der Waals surface area contributed by atoms with Gasteiger partial charge in [0, 0.05) is 18.8 Å². The van der Waals surface area contributed by atoms with Crippen molar-refractivity contribution in [3.63, 3.8) is 0 Å². The molecule has 0 aliphatic rings.